The third-order valence-corrected chi connectivity index (χ3v) is 0.732. The third kappa shape index (κ3) is 24.8. The molecule has 0 fully saturated rings. The van der Waals surface area contributed by atoms with Gasteiger partial charge in [0.15, 0.2) is 0 Å². The monoisotopic (exact) mass is 352 g/mol. The summed E-state index contributed by atoms with van der Waals surface area (Å²) in [5, 5.41) is 0. The van der Waals surface area contributed by atoms with Crippen molar-refractivity contribution in [2.24, 2.45) is 0 Å². The van der Waals surface area contributed by atoms with Crippen LogP contribution in [0.4, 0.5) is 0 Å². The summed E-state index contributed by atoms with van der Waals surface area (Å²) in [7, 11) is 0. The van der Waals surface area contributed by atoms with E-state index in [2.05, 4.69) is 26.9 Å². The molecule has 0 heterocycles. The van der Waals surface area contributed by atoms with Crippen LogP contribution in [0.5, 0.6) is 0 Å². The molecule has 0 saturated heterocycles. The average Bonchev–Trinajstić information content (AvgIpc) is 2.66. The minimum Gasteiger partial charge on any atom is -1.00 e. The van der Waals surface area contributed by atoms with E-state index in [-0.39, 0.29) is 29.6 Å². The standard InChI is InChI=1S/C6H6.3CO.W.6H/c1-6-4-2-3-5-6;3*1-2;;;;;;;/h2-5H,1H2;;;;;;;;;;/q;;;;+6;6*-1. The summed E-state index contributed by atoms with van der Waals surface area (Å²) in [5.41, 5.74) is 1.09. The Labute approximate surface area is 101 Å². The molecule has 0 spiro atoms. The van der Waals surface area contributed by atoms with Gasteiger partial charge in [0.2, 0.25) is 0 Å². The number of rotatable bonds is 0. The molecule has 0 amide bonds. The molecule has 0 bridgehead atoms. The molecule has 1 rings (SSSR count). The molecular formula is C9H12O3W. The SMILES string of the molecule is C=C1C=CC=C1.[C]=O.[C]=O.[C]=O.[H-].[H-].[H-].[H-].[H-].[H-].[W+6]. The molecule has 0 aromatic heterocycles. The molecular weight excluding hydrogens is 340 g/mol. The van der Waals surface area contributed by atoms with Crippen molar-refractivity contribution in [2.75, 3.05) is 0 Å². The minimum absolute atomic E-state index is 0. The molecule has 13 heavy (non-hydrogen) atoms. The van der Waals surface area contributed by atoms with Crippen molar-refractivity contribution in [1.82, 2.24) is 0 Å². The van der Waals surface area contributed by atoms with Gasteiger partial charge in [0, 0.05) is 0 Å². The first kappa shape index (κ1) is 22.7. The summed E-state index contributed by atoms with van der Waals surface area (Å²) >= 11 is 0. The van der Waals surface area contributed by atoms with E-state index in [9.17, 15) is 0 Å². The van der Waals surface area contributed by atoms with Gasteiger partial charge in [0.05, 0.1) is 0 Å². The van der Waals surface area contributed by atoms with E-state index >= 15 is 0 Å². The maximum Gasteiger partial charge on any atom is 6.00 e. The Bertz CT molecular complexity index is 163. The second-order valence-electron chi connectivity index (χ2n) is 1.29. The maximum atomic E-state index is 7.50. The topological polar surface area (TPSA) is 51.2 Å². The predicted molar refractivity (Wildman–Crippen MR) is 51.2 cm³/mol. The quantitative estimate of drug-likeness (QED) is 0.657. The zero-order chi connectivity index (χ0) is 10.4. The Kier molecular flexibility index (Phi) is 53.5. The predicted octanol–water partition coefficient (Wildman–Crippen LogP) is 1.15. The van der Waals surface area contributed by atoms with Crippen LogP contribution in [0.25, 0.3) is 0 Å². The van der Waals surface area contributed by atoms with Gasteiger partial charge in [-0.3, -0.25) is 14.4 Å². The smallest absolute Gasteiger partial charge is 1.00 e. The van der Waals surface area contributed by atoms with Crippen LogP contribution in [0.3, 0.4) is 0 Å². The molecule has 0 saturated carbocycles. The molecule has 4 heteroatoms. The molecule has 1 aliphatic carbocycles. The van der Waals surface area contributed by atoms with Crippen LogP contribution in [0.1, 0.15) is 8.56 Å². The fourth-order valence-electron chi connectivity index (χ4n) is 0.414. The van der Waals surface area contributed by atoms with Gasteiger partial charge in [-0.15, -0.1) is 0 Å². The van der Waals surface area contributed by atoms with Gasteiger partial charge < -0.3 is 8.56 Å². The molecule has 0 aliphatic heterocycles. The molecule has 0 unspecified atom stereocenters. The van der Waals surface area contributed by atoms with Crippen molar-refractivity contribution in [3.63, 3.8) is 0 Å². The van der Waals surface area contributed by atoms with Crippen molar-refractivity contribution in [1.29, 1.82) is 0 Å². The first-order valence-corrected chi connectivity index (χ1v) is 2.54. The molecule has 0 atom stereocenters. The van der Waals surface area contributed by atoms with Crippen LogP contribution in [0.15, 0.2) is 36.5 Å². The van der Waals surface area contributed by atoms with Crippen LogP contribution in [-0.4, -0.2) is 20.4 Å². The van der Waals surface area contributed by atoms with Gasteiger partial charge in [-0.25, -0.2) is 0 Å². The van der Waals surface area contributed by atoms with Gasteiger partial charge in [0.25, 0.3) is 20.4 Å². The van der Waals surface area contributed by atoms with Gasteiger partial charge in [-0.1, -0.05) is 30.9 Å². The second-order valence-corrected chi connectivity index (χ2v) is 1.29. The Balaban J connectivity index is -0.00000000718. The number of hydrogen-bond acceptors (Lipinski definition) is 3. The summed E-state index contributed by atoms with van der Waals surface area (Å²) in [4.78, 5) is 22.5. The number of carbonyl (C=O) groups excluding carboxylic acids is 3. The molecule has 6 radical (unpaired) electrons. The van der Waals surface area contributed by atoms with Gasteiger partial charge >= 0.3 is 21.1 Å². The molecule has 0 aromatic rings. The van der Waals surface area contributed by atoms with Crippen molar-refractivity contribution in [2.45, 2.75) is 0 Å². The van der Waals surface area contributed by atoms with Crippen molar-refractivity contribution in [3.05, 3.63) is 36.5 Å². The normalized spacial score (nSPS) is 8.77. The van der Waals surface area contributed by atoms with E-state index in [1.165, 1.54) is 0 Å². The van der Waals surface area contributed by atoms with E-state index in [1.54, 1.807) is 0 Å². The second kappa shape index (κ2) is 30.7. The Morgan fingerprint density at radius 2 is 1.15 bits per heavy atom. The van der Waals surface area contributed by atoms with E-state index in [0.29, 0.717) is 0 Å². The van der Waals surface area contributed by atoms with E-state index in [4.69, 9.17) is 14.4 Å². The summed E-state index contributed by atoms with van der Waals surface area (Å²) in [6.07, 6.45) is 7.89. The first-order valence-electron chi connectivity index (χ1n) is 2.54. The Hall–Kier alpha value is -1.08. The average molecular weight is 352 g/mol. The largest absolute Gasteiger partial charge is 6.00 e. The van der Waals surface area contributed by atoms with Gasteiger partial charge in [-0.2, -0.15) is 0 Å². The van der Waals surface area contributed by atoms with Crippen LogP contribution in [0.2, 0.25) is 0 Å². The summed E-state index contributed by atoms with van der Waals surface area (Å²) in [6.45, 7) is 17.2. The summed E-state index contributed by atoms with van der Waals surface area (Å²) in [6, 6.07) is 0. The van der Waals surface area contributed by atoms with Crippen LogP contribution in [-0.2, 0) is 35.4 Å². The van der Waals surface area contributed by atoms with Crippen LogP contribution in [0, 0.1) is 0 Å². The van der Waals surface area contributed by atoms with Crippen molar-refractivity contribution >= 4 is 20.4 Å². The van der Waals surface area contributed by atoms with E-state index in [1.807, 2.05) is 24.3 Å². The zero-order valence-corrected chi connectivity index (χ0v) is 9.58. The third-order valence-electron chi connectivity index (χ3n) is 0.732. The van der Waals surface area contributed by atoms with Gasteiger partial charge in [0.1, 0.15) is 0 Å². The number of allylic oxidation sites excluding steroid dienone is 5. The first-order chi connectivity index (χ1) is 5.89. The van der Waals surface area contributed by atoms with Crippen molar-refractivity contribution in [3.8, 4) is 0 Å². The fraction of sp³-hybridized carbons (Fsp3) is 0. The van der Waals surface area contributed by atoms with Crippen molar-refractivity contribution < 1.29 is 44.0 Å². The zero-order valence-electron chi connectivity index (χ0n) is 12.6. The number of hydrogen-bond donors (Lipinski definition) is 0. The van der Waals surface area contributed by atoms with Crippen LogP contribution < -0.4 is 0 Å². The molecule has 0 N–H and O–H groups in total. The Morgan fingerprint density at radius 1 is 0.923 bits per heavy atom. The summed E-state index contributed by atoms with van der Waals surface area (Å²) < 4.78 is 0. The molecule has 1 aliphatic rings. The summed E-state index contributed by atoms with van der Waals surface area (Å²) in [5.74, 6) is 0. The van der Waals surface area contributed by atoms with E-state index in [0.717, 1.165) is 5.57 Å². The Morgan fingerprint density at radius 3 is 1.23 bits per heavy atom. The fourth-order valence-corrected chi connectivity index (χ4v) is 0.414. The van der Waals surface area contributed by atoms with Crippen LogP contribution >= 0.6 is 0 Å². The minimum atomic E-state index is 0. The maximum absolute atomic E-state index is 7.50. The van der Waals surface area contributed by atoms with E-state index < -0.39 is 0 Å². The van der Waals surface area contributed by atoms with Gasteiger partial charge in [-0.05, 0) is 5.57 Å². The molecule has 0 aromatic carbocycles. The molecule has 72 valence electrons. The molecule has 3 nitrogen and oxygen atoms in total.